The third kappa shape index (κ3) is 5.35. The molecule has 1 amide bonds. The fourth-order valence-corrected chi connectivity index (χ4v) is 4.34. The van der Waals surface area contributed by atoms with Gasteiger partial charge >= 0.3 is 6.09 Å². The van der Waals surface area contributed by atoms with E-state index in [1.165, 1.54) is 11.3 Å². The zero-order chi connectivity index (χ0) is 22.3. The summed E-state index contributed by atoms with van der Waals surface area (Å²) >= 11 is 6.69. The average molecular weight is 466 g/mol. The summed E-state index contributed by atoms with van der Waals surface area (Å²) in [6.45, 7) is 0.463. The summed E-state index contributed by atoms with van der Waals surface area (Å²) in [5, 5.41) is 22.7. The molecular formula is C21H19N7O2S2. The van der Waals surface area contributed by atoms with Crippen LogP contribution in [-0.2, 0) is 12.8 Å². The molecule has 0 fully saturated rings. The number of aromatic nitrogens is 5. The fraction of sp³-hybridized carbons (Fsp3) is 0.238. The molecule has 0 atom stereocenters. The van der Waals surface area contributed by atoms with Gasteiger partial charge in [0.1, 0.15) is 5.75 Å². The number of fused-ring (bicyclic) bond motifs is 1. The van der Waals surface area contributed by atoms with Gasteiger partial charge in [0.05, 0.1) is 22.7 Å². The maximum atomic E-state index is 13.1. The largest absolute Gasteiger partial charge is 0.419 e. The van der Waals surface area contributed by atoms with Crippen molar-refractivity contribution in [3.05, 3.63) is 57.8 Å². The summed E-state index contributed by atoms with van der Waals surface area (Å²) in [6, 6.07) is 14.8. The fourth-order valence-electron chi connectivity index (χ4n) is 3.19. The Bertz CT molecular complexity index is 1290. The van der Waals surface area contributed by atoms with Crippen LogP contribution in [-0.4, -0.2) is 38.2 Å². The normalized spacial score (nSPS) is 10.7. The molecule has 2 N–H and O–H groups in total. The molecule has 2 heterocycles. The zero-order valence-corrected chi connectivity index (χ0v) is 18.6. The number of amides is 1. The second-order valence-electron chi connectivity index (χ2n) is 6.98. The number of rotatable bonds is 8. The van der Waals surface area contributed by atoms with Gasteiger partial charge in [0.15, 0.2) is 9.78 Å². The molecule has 0 aliphatic rings. The van der Waals surface area contributed by atoms with Gasteiger partial charge in [-0.1, -0.05) is 17.3 Å². The topological polar surface area (TPSA) is 124 Å². The van der Waals surface area contributed by atoms with Gasteiger partial charge in [-0.3, -0.25) is 4.90 Å². The van der Waals surface area contributed by atoms with E-state index in [-0.39, 0.29) is 0 Å². The second kappa shape index (κ2) is 10.1. The maximum absolute atomic E-state index is 13.1. The Hall–Kier alpha value is -3.62. The van der Waals surface area contributed by atoms with Crippen LogP contribution in [0.25, 0.3) is 10.2 Å². The van der Waals surface area contributed by atoms with Crippen LogP contribution in [0.15, 0.2) is 42.5 Å². The van der Waals surface area contributed by atoms with E-state index in [9.17, 15) is 4.79 Å². The van der Waals surface area contributed by atoms with Crippen molar-refractivity contribution >= 4 is 45.6 Å². The first-order valence-electron chi connectivity index (χ1n) is 9.93. The molecule has 0 aliphatic heterocycles. The predicted octanol–water partition coefficient (Wildman–Crippen LogP) is 4.57. The highest BCUT2D eigenvalue weighted by atomic mass is 32.1. The summed E-state index contributed by atoms with van der Waals surface area (Å²) in [4.78, 5) is 17.8. The number of carbonyl (C=O) groups is 1. The predicted molar refractivity (Wildman–Crippen MR) is 123 cm³/mol. The van der Waals surface area contributed by atoms with Gasteiger partial charge in [0, 0.05) is 18.7 Å². The maximum Gasteiger partial charge on any atom is 0.419 e. The van der Waals surface area contributed by atoms with E-state index >= 15 is 0 Å². The molecule has 11 heteroatoms. The third-order valence-corrected chi connectivity index (χ3v) is 5.97. The number of carbonyl (C=O) groups excluding carboxylic acids is 1. The van der Waals surface area contributed by atoms with Crippen molar-refractivity contribution in [2.45, 2.75) is 25.7 Å². The number of unbranched alkanes of at least 4 members (excludes halogenated alkanes) is 1. The number of hydrogen-bond donors (Lipinski definition) is 2. The lowest BCUT2D eigenvalue weighted by atomic mass is 10.2. The molecule has 0 aliphatic carbocycles. The number of aromatic amines is 2. The number of aryl methyl sites for hydroxylation is 1. The third-order valence-electron chi connectivity index (χ3n) is 4.77. The van der Waals surface area contributed by atoms with E-state index in [1.807, 2.05) is 18.2 Å². The molecule has 162 valence electrons. The monoisotopic (exact) mass is 465 g/mol. The SMILES string of the molecule is N#CCc1ccc(OC(=O)N(CCCCc2nn[nH]n2)c2ccc3[nH]c(=S)sc3c2)cc1. The Balaban J connectivity index is 1.50. The molecule has 32 heavy (non-hydrogen) atoms. The lowest BCUT2D eigenvalue weighted by molar-refractivity contribution is 0.207. The number of nitrogens with zero attached hydrogens (tertiary/aromatic N) is 5. The number of benzene rings is 2. The number of hydrogen-bond acceptors (Lipinski definition) is 8. The first-order chi connectivity index (χ1) is 15.6. The number of ether oxygens (including phenoxy) is 1. The van der Waals surface area contributed by atoms with E-state index in [4.69, 9.17) is 22.2 Å². The minimum Gasteiger partial charge on any atom is -0.410 e. The molecule has 0 saturated carbocycles. The minimum absolute atomic E-state index is 0.309. The number of tetrazole rings is 1. The molecule has 0 saturated heterocycles. The van der Waals surface area contributed by atoms with Crippen molar-refractivity contribution < 1.29 is 9.53 Å². The molecule has 2 aromatic heterocycles. The van der Waals surface area contributed by atoms with Gasteiger partial charge in [-0.15, -0.1) is 21.5 Å². The van der Waals surface area contributed by atoms with E-state index in [0.717, 1.165) is 34.3 Å². The van der Waals surface area contributed by atoms with E-state index in [2.05, 4.69) is 31.7 Å². The van der Waals surface area contributed by atoms with Crippen molar-refractivity contribution in [3.8, 4) is 11.8 Å². The first-order valence-corrected chi connectivity index (χ1v) is 11.2. The van der Waals surface area contributed by atoms with Gasteiger partial charge in [0.2, 0.25) is 0 Å². The molecule has 2 aromatic carbocycles. The lowest BCUT2D eigenvalue weighted by Crippen LogP contribution is -2.34. The standard InChI is InChI=1S/C21H19N7O2S2/c22-11-10-14-4-7-16(8-5-14)30-21(29)28(12-2-1-3-19-24-26-27-25-19)15-6-9-17-18(13-15)32-20(31)23-17/h4-9,13H,1-3,10,12H2,(H,23,31)(H,24,25,26,27). The van der Waals surface area contributed by atoms with Crippen LogP contribution in [0.3, 0.4) is 0 Å². The number of anilines is 1. The van der Waals surface area contributed by atoms with Crippen LogP contribution in [0.5, 0.6) is 5.75 Å². The molecule has 4 aromatic rings. The van der Waals surface area contributed by atoms with Crippen LogP contribution in [0.2, 0.25) is 0 Å². The number of nitriles is 1. The van der Waals surface area contributed by atoms with Crippen molar-refractivity contribution in [1.29, 1.82) is 5.26 Å². The Morgan fingerprint density at radius 2 is 2.06 bits per heavy atom. The Labute approximate surface area is 192 Å². The molecule has 0 spiro atoms. The highest BCUT2D eigenvalue weighted by Gasteiger charge is 2.19. The molecular weight excluding hydrogens is 446 g/mol. The molecule has 0 radical (unpaired) electrons. The van der Waals surface area contributed by atoms with Crippen molar-refractivity contribution in [2.24, 2.45) is 0 Å². The lowest BCUT2D eigenvalue weighted by Gasteiger charge is -2.22. The molecule has 9 nitrogen and oxygen atoms in total. The number of H-pyrrole nitrogens is 2. The Morgan fingerprint density at radius 3 is 2.81 bits per heavy atom. The van der Waals surface area contributed by atoms with Crippen LogP contribution in [0.1, 0.15) is 24.2 Å². The first kappa shape index (κ1) is 21.6. The van der Waals surface area contributed by atoms with E-state index < -0.39 is 6.09 Å². The molecule has 4 rings (SSSR count). The summed E-state index contributed by atoms with van der Waals surface area (Å²) in [7, 11) is 0. The quantitative estimate of drug-likeness (QED) is 0.289. The van der Waals surface area contributed by atoms with Crippen molar-refractivity contribution in [3.63, 3.8) is 0 Å². The number of nitrogens with one attached hydrogen (secondary N) is 2. The Kier molecular flexibility index (Phi) is 6.84. The summed E-state index contributed by atoms with van der Waals surface area (Å²) in [6.07, 6.45) is 2.01. The number of thiazole rings is 1. The van der Waals surface area contributed by atoms with Gasteiger partial charge in [-0.05, 0) is 61.0 Å². The van der Waals surface area contributed by atoms with E-state index in [1.54, 1.807) is 29.2 Å². The van der Waals surface area contributed by atoms with Gasteiger partial charge in [-0.25, -0.2) is 4.79 Å². The van der Waals surface area contributed by atoms with Crippen LogP contribution in [0, 0.1) is 15.3 Å². The van der Waals surface area contributed by atoms with Crippen LogP contribution >= 0.6 is 23.6 Å². The minimum atomic E-state index is -0.476. The summed E-state index contributed by atoms with van der Waals surface area (Å²) in [5.74, 6) is 1.07. The van der Waals surface area contributed by atoms with Gasteiger partial charge < -0.3 is 9.72 Å². The van der Waals surface area contributed by atoms with E-state index in [0.29, 0.717) is 34.9 Å². The van der Waals surface area contributed by atoms with Gasteiger partial charge in [-0.2, -0.15) is 10.5 Å². The zero-order valence-electron chi connectivity index (χ0n) is 16.9. The molecule has 0 bridgehead atoms. The van der Waals surface area contributed by atoms with Crippen LogP contribution < -0.4 is 9.64 Å². The highest BCUT2D eigenvalue weighted by molar-refractivity contribution is 7.73. The summed E-state index contributed by atoms with van der Waals surface area (Å²) in [5.41, 5.74) is 2.53. The van der Waals surface area contributed by atoms with Crippen LogP contribution in [0.4, 0.5) is 10.5 Å². The average Bonchev–Trinajstić information content (AvgIpc) is 3.43. The summed E-state index contributed by atoms with van der Waals surface area (Å²) < 4.78 is 7.28. The highest BCUT2D eigenvalue weighted by Crippen LogP contribution is 2.27. The van der Waals surface area contributed by atoms with Crippen molar-refractivity contribution in [2.75, 3.05) is 11.4 Å². The second-order valence-corrected chi connectivity index (χ2v) is 8.70. The molecule has 0 unspecified atom stereocenters. The van der Waals surface area contributed by atoms with Crippen molar-refractivity contribution in [1.82, 2.24) is 25.6 Å². The Morgan fingerprint density at radius 1 is 1.22 bits per heavy atom. The van der Waals surface area contributed by atoms with Gasteiger partial charge in [0.25, 0.3) is 0 Å². The smallest absolute Gasteiger partial charge is 0.410 e.